The van der Waals surface area contributed by atoms with Crippen LogP contribution in [0.5, 0.6) is 0 Å². The van der Waals surface area contributed by atoms with Crippen LogP contribution < -0.4 is 0 Å². The molecular weight excluding hydrogens is 322 g/mol. The van der Waals surface area contributed by atoms with Gasteiger partial charge in [-0.3, -0.25) is 0 Å². The predicted molar refractivity (Wildman–Crippen MR) is 103 cm³/mol. The minimum Gasteiger partial charge on any atom is -0.373 e. The summed E-state index contributed by atoms with van der Waals surface area (Å²) in [6.45, 7) is 4.68. The van der Waals surface area contributed by atoms with Crippen LogP contribution in [0.15, 0.2) is 72.8 Å². The first-order chi connectivity index (χ1) is 12.6. The lowest BCUT2D eigenvalue weighted by molar-refractivity contribution is 0.112. The first kappa shape index (κ1) is 16.5. The van der Waals surface area contributed by atoms with E-state index < -0.39 is 5.60 Å². The van der Waals surface area contributed by atoms with Gasteiger partial charge in [0.25, 0.3) is 0 Å². The van der Waals surface area contributed by atoms with Crippen LogP contribution in [0.2, 0.25) is 0 Å². The summed E-state index contributed by atoms with van der Waals surface area (Å²) < 4.78 is 2.00. The number of hydrogen-bond donors (Lipinski definition) is 1. The van der Waals surface area contributed by atoms with Gasteiger partial charge >= 0.3 is 0 Å². The van der Waals surface area contributed by atoms with Crippen molar-refractivity contribution in [3.05, 3.63) is 95.4 Å². The fraction of sp³-hybridized carbons (Fsp3) is 0.182. The normalized spacial score (nSPS) is 11.8. The van der Waals surface area contributed by atoms with Gasteiger partial charge in [-0.15, -0.1) is 0 Å². The standard InChI is InChI=1S/C22H21N3O/c1-3-25-20-19(15-14-16(2)23-20)24-21(25)22(26,17-10-6-4-7-11-17)18-12-8-5-9-13-18/h4-15,26H,3H2,1-2H3. The fourth-order valence-electron chi connectivity index (χ4n) is 3.46. The summed E-state index contributed by atoms with van der Waals surface area (Å²) in [6, 6.07) is 23.3. The van der Waals surface area contributed by atoms with E-state index >= 15 is 0 Å². The number of hydrogen-bond acceptors (Lipinski definition) is 3. The van der Waals surface area contributed by atoms with E-state index in [-0.39, 0.29) is 0 Å². The summed E-state index contributed by atoms with van der Waals surface area (Å²) in [6.07, 6.45) is 0. The molecule has 0 aliphatic carbocycles. The zero-order valence-corrected chi connectivity index (χ0v) is 14.9. The van der Waals surface area contributed by atoms with Gasteiger partial charge in [-0.05, 0) is 37.1 Å². The first-order valence-electron chi connectivity index (χ1n) is 8.82. The molecule has 2 aromatic heterocycles. The molecule has 4 rings (SSSR count). The van der Waals surface area contributed by atoms with E-state index in [1.807, 2.05) is 91.2 Å². The molecule has 0 atom stereocenters. The van der Waals surface area contributed by atoms with Crippen LogP contribution >= 0.6 is 0 Å². The molecule has 0 spiro atoms. The van der Waals surface area contributed by atoms with Crippen LogP contribution in [-0.4, -0.2) is 19.6 Å². The summed E-state index contributed by atoms with van der Waals surface area (Å²) >= 11 is 0. The Hall–Kier alpha value is -2.98. The van der Waals surface area contributed by atoms with Crippen LogP contribution in [0, 0.1) is 6.92 Å². The van der Waals surface area contributed by atoms with Crippen LogP contribution in [0.3, 0.4) is 0 Å². The molecular formula is C22H21N3O. The number of benzene rings is 2. The highest BCUT2D eigenvalue weighted by Crippen LogP contribution is 2.37. The second-order valence-corrected chi connectivity index (χ2v) is 6.42. The summed E-state index contributed by atoms with van der Waals surface area (Å²) in [5.41, 5.74) is 2.74. The highest BCUT2D eigenvalue weighted by atomic mass is 16.3. The van der Waals surface area contributed by atoms with Crippen molar-refractivity contribution in [1.29, 1.82) is 0 Å². The number of aliphatic hydroxyl groups is 1. The largest absolute Gasteiger partial charge is 0.373 e. The zero-order valence-electron chi connectivity index (χ0n) is 14.9. The third-order valence-corrected chi connectivity index (χ3v) is 4.75. The highest BCUT2D eigenvalue weighted by Gasteiger charge is 2.38. The second kappa shape index (κ2) is 6.39. The molecule has 0 bridgehead atoms. The van der Waals surface area contributed by atoms with Crippen LogP contribution in [0.4, 0.5) is 0 Å². The second-order valence-electron chi connectivity index (χ2n) is 6.42. The van der Waals surface area contributed by atoms with E-state index in [4.69, 9.17) is 4.98 Å². The van der Waals surface area contributed by atoms with Gasteiger partial charge in [0, 0.05) is 12.2 Å². The maximum Gasteiger partial charge on any atom is 0.173 e. The molecule has 0 saturated heterocycles. The number of aryl methyl sites for hydroxylation is 2. The van der Waals surface area contributed by atoms with Gasteiger partial charge in [-0.25, -0.2) is 9.97 Å². The minimum absolute atomic E-state index is 0.588. The SMILES string of the molecule is CCn1c(C(O)(c2ccccc2)c2ccccc2)nc2ccc(C)nc21. The number of pyridine rings is 1. The van der Waals surface area contributed by atoms with Crippen molar-refractivity contribution in [2.45, 2.75) is 26.0 Å². The highest BCUT2D eigenvalue weighted by molar-refractivity contribution is 5.72. The van der Waals surface area contributed by atoms with Crippen molar-refractivity contribution in [2.24, 2.45) is 0 Å². The van der Waals surface area contributed by atoms with Gasteiger partial charge in [-0.2, -0.15) is 0 Å². The molecule has 26 heavy (non-hydrogen) atoms. The number of imidazole rings is 1. The third-order valence-electron chi connectivity index (χ3n) is 4.75. The lowest BCUT2D eigenvalue weighted by atomic mass is 9.85. The Balaban J connectivity index is 2.06. The Kier molecular flexibility index (Phi) is 4.05. The molecule has 2 aromatic carbocycles. The fourth-order valence-corrected chi connectivity index (χ4v) is 3.46. The molecule has 0 saturated carbocycles. The van der Waals surface area contributed by atoms with Crippen LogP contribution in [-0.2, 0) is 12.1 Å². The number of fused-ring (bicyclic) bond motifs is 1. The molecule has 2 heterocycles. The number of rotatable bonds is 4. The molecule has 130 valence electrons. The van der Waals surface area contributed by atoms with Gasteiger partial charge < -0.3 is 9.67 Å². The van der Waals surface area contributed by atoms with Crippen molar-refractivity contribution in [1.82, 2.24) is 14.5 Å². The van der Waals surface area contributed by atoms with Gasteiger partial charge in [0.15, 0.2) is 17.1 Å². The summed E-state index contributed by atoms with van der Waals surface area (Å²) in [4.78, 5) is 9.46. The lowest BCUT2D eigenvalue weighted by Gasteiger charge is -2.29. The zero-order chi connectivity index (χ0) is 18.1. The Labute approximate surface area is 152 Å². The van der Waals surface area contributed by atoms with Crippen molar-refractivity contribution < 1.29 is 5.11 Å². The molecule has 1 N–H and O–H groups in total. The lowest BCUT2D eigenvalue weighted by Crippen LogP contribution is -2.32. The monoisotopic (exact) mass is 343 g/mol. The van der Waals surface area contributed by atoms with E-state index in [1.165, 1.54) is 0 Å². The van der Waals surface area contributed by atoms with Gasteiger partial charge in [0.2, 0.25) is 0 Å². The van der Waals surface area contributed by atoms with E-state index in [1.54, 1.807) is 0 Å². The summed E-state index contributed by atoms with van der Waals surface area (Å²) in [7, 11) is 0. The molecule has 0 amide bonds. The van der Waals surface area contributed by atoms with Gasteiger partial charge in [0.05, 0.1) is 0 Å². The van der Waals surface area contributed by atoms with Crippen LogP contribution in [0.25, 0.3) is 11.2 Å². The topological polar surface area (TPSA) is 50.9 Å². The average Bonchev–Trinajstić information content (AvgIpc) is 3.06. The predicted octanol–water partition coefficient (Wildman–Crippen LogP) is 4.04. The van der Waals surface area contributed by atoms with Crippen molar-refractivity contribution in [3.8, 4) is 0 Å². The maximum absolute atomic E-state index is 12.0. The Bertz CT molecular complexity index is 1000. The third kappa shape index (κ3) is 2.50. The van der Waals surface area contributed by atoms with Crippen molar-refractivity contribution in [2.75, 3.05) is 0 Å². The summed E-state index contributed by atoms with van der Waals surface area (Å²) in [5, 5.41) is 12.0. The quantitative estimate of drug-likeness (QED) is 0.608. The molecule has 0 aliphatic heterocycles. The van der Waals surface area contributed by atoms with Crippen molar-refractivity contribution in [3.63, 3.8) is 0 Å². The van der Waals surface area contributed by atoms with E-state index in [0.29, 0.717) is 12.4 Å². The van der Waals surface area contributed by atoms with Crippen LogP contribution in [0.1, 0.15) is 29.6 Å². The van der Waals surface area contributed by atoms with Crippen molar-refractivity contribution >= 4 is 11.2 Å². The molecule has 0 unspecified atom stereocenters. The number of nitrogens with zero attached hydrogens (tertiary/aromatic N) is 3. The molecule has 0 radical (unpaired) electrons. The van der Waals surface area contributed by atoms with E-state index in [2.05, 4.69) is 4.98 Å². The number of aromatic nitrogens is 3. The Morgan fingerprint density at radius 1 is 0.846 bits per heavy atom. The van der Waals surface area contributed by atoms with Gasteiger partial charge in [-0.1, -0.05) is 60.7 Å². The smallest absolute Gasteiger partial charge is 0.173 e. The first-order valence-corrected chi connectivity index (χ1v) is 8.82. The minimum atomic E-state index is -1.35. The Morgan fingerprint density at radius 3 is 1.96 bits per heavy atom. The average molecular weight is 343 g/mol. The van der Waals surface area contributed by atoms with E-state index in [9.17, 15) is 5.11 Å². The molecule has 0 fully saturated rings. The van der Waals surface area contributed by atoms with Gasteiger partial charge in [0.1, 0.15) is 5.52 Å². The van der Waals surface area contributed by atoms with E-state index in [0.717, 1.165) is 28.0 Å². The Morgan fingerprint density at radius 2 is 1.42 bits per heavy atom. The molecule has 4 nitrogen and oxygen atoms in total. The molecule has 4 aromatic rings. The molecule has 0 aliphatic rings. The summed E-state index contributed by atoms with van der Waals surface area (Å²) in [5.74, 6) is 0.588. The molecule has 4 heteroatoms. The maximum atomic E-state index is 12.0.